The number of unbranched alkanes of at least 4 members (excludes halogenated alkanes) is 1. The van der Waals surface area contributed by atoms with E-state index in [9.17, 15) is 0 Å². The maximum absolute atomic E-state index is 2.32. The molecule has 0 saturated carbocycles. The van der Waals surface area contributed by atoms with Gasteiger partial charge in [-0.3, -0.25) is 0 Å². The van der Waals surface area contributed by atoms with E-state index in [2.05, 4.69) is 20.8 Å². The molecule has 0 heterocycles. The van der Waals surface area contributed by atoms with E-state index in [4.69, 9.17) is 0 Å². The molecule has 0 fully saturated rings. The second-order valence-electron chi connectivity index (χ2n) is 3.21. The molecule has 1 heteroatoms. The van der Waals surface area contributed by atoms with Crippen molar-refractivity contribution < 1.29 is 2.85 Å². The molecule has 0 aromatic heterocycles. The Balaban J connectivity index is -0.000000135. The topological polar surface area (TPSA) is 0 Å². The average molecular weight is 169 g/mol. The van der Waals surface area contributed by atoms with Gasteiger partial charge in [-0.05, 0) is 5.92 Å². The van der Waals surface area contributed by atoms with Crippen LogP contribution in [0.4, 0.5) is 0 Å². The van der Waals surface area contributed by atoms with Crippen molar-refractivity contribution >= 4 is 23.1 Å². The molecule has 0 nitrogen and oxygen atoms in total. The Morgan fingerprint density at radius 1 is 1.00 bits per heavy atom. The minimum atomic E-state index is 0. The first-order valence-electron chi connectivity index (χ1n) is 4.85. The first kappa shape index (κ1) is 14.3. The Morgan fingerprint density at radius 3 is 2.00 bits per heavy atom. The van der Waals surface area contributed by atoms with Crippen molar-refractivity contribution in [2.24, 2.45) is 5.92 Å². The maximum atomic E-state index is 2.32. The van der Waals surface area contributed by atoms with Gasteiger partial charge in [-0.25, -0.2) is 0 Å². The summed E-state index contributed by atoms with van der Waals surface area (Å²) in [6.45, 7) is 6.88. The summed E-state index contributed by atoms with van der Waals surface area (Å²) in [6.07, 6.45) is 8.44. The van der Waals surface area contributed by atoms with Crippen LogP contribution in [0.25, 0.3) is 0 Å². The second kappa shape index (κ2) is 10.8. The molecule has 0 amide bonds. The fraction of sp³-hybridized carbons (Fsp3) is 1.00. The first-order valence-corrected chi connectivity index (χ1v) is 4.85. The van der Waals surface area contributed by atoms with Crippen LogP contribution >= 0.6 is 0 Å². The van der Waals surface area contributed by atoms with Gasteiger partial charge < -0.3 is 2.85 Å². The summed E-state index contributed by atoms with van der Waals surface area (Å²) in [7, 11) is 0. The Morgan fingerprint density at radius 2 is 1.64 bits per heavy atom. The van der Waals surface area contributed by atoms with E-state index in [0.29, 0.717) is 0 Å². The van der Waals surface area contributed by atoms with Gasteiger partial charge >= 0.3 is 23.1 Å². The summed E-state index contributed by atoms with van der Waals surface area (Å²) in [6, 6.07) is 0. The summed E-state index contributed by atoms with van der Waals surface area (Å²) < 4.78 is 0. The summed E-state index contributed by atoms with van der Waals surface area (Å²) in [5, 5.41) is 0. The summed E-state index contributed by atoms with van der Waals surface area (Å²) >= 11 is 0. The van der Waals surface area contributed by atoms with E-state index in [1.807, 2.05) is 0 Å². The van der Waals surface area contributed by atoms with Crippen molar-refractivity contribution in [3.63, 3.8) is 0 Å². The molecule has 0 aliphatic rings. The van der Waals surface area contributed by atoms with E-state index >= 15 is 0 Å². The normalized spacial score (nSPS) is 12.3. The zero-order valence-corrected chi connectivity index (χ0v) is 9.94. The molecule has 66 valence electrons. The number of hydrogen-bond acceptors (Lipinski definition) is 0. The molecule has 0 aliphatic heterocycles. The molecule has 0 rings (SSSR count). The second-order valence-corrected chi connectivity index (χ2v) is 3.21. The van der Waals surface area contributed by atoms with Crippen LogP contribution in [0, 0.1) is 5.92 Å². The van der Waals surface area contributed by atoms with Crippen LogP contribution in [0.2, 0.25) is 0 Å². The molecular formula is C10H24Mg. The molecule has 0 N–H and O–H groups in total. The van der Waals surface area contributed by atoms with E-state index in [0.717, 1.165) is 5.92 Å². The monoisotopic (exact) mass is 168 g/mol. The minimum Gasteiger partial charge on any atom is -1.00 e. The van der Waals surface area contributed by atoms with Gasteiger partial charge in [0.1, 0.15) is 0 Å². The SMILES string of the molecule is CCCCC(CC)CCC.[H-].[H-].[Mg+2]. The van der Waals surface area contributed by atoms with E-state index < -0.39 is 0 Å². The minimum absolute atomic E-state index is 0. The van der Waals surface area contributed by atoms with Crippen LogP contribution in [-0.2, 0) is 0 Å². The van der Waals surface area contributed by atoms with Gasteiger partial charge in [0.2, 0.25) is 0 Å². The third kappa shape index (κ3) is 8.67. The smallest absolute Gasteiger partial charge is 1.00 e. The Labute approximate surface area is 91.3 Å². The predicted octanol–water partition coefficient (Wildman–Crippen LogP) is 3.85. The predicted molar refractivity (Wildman–Crippen MR) is 56.2 cm³/mol. The van der Waals surface area contributed by atoms with Crippen molar-refractivity contribution in [2.45, 2.75) is 59.3 Å². The van der Waals surface area contributed by atoms with Gasteiger partial charge in [-0.15, -0.1) is 0 Å². The van der Waals surface area contributed by atoms with Gasteiger partial charge in [0, 0.05) is 0 Å². The third-order valence-corrected chi connectivity index (χ3v) is 2.24. The Hall–Kier alpha value is 0.766. The van der Waals surface area contributed by atoms with Gasteiger partial charge in [0.25, 0.3) is 0 Å². The van der Waals surface area contributed by atoms with Crippen molar-refractivity contribution in [3.8, 4) is 0 Å². The van der Waals surface area contributed by atoms with Gasteiger partial charge in [0.15, 0.2) is 0 Å². The van der Waals surface area contributed by atoms with Crippen LogP contribution in [0.15, 0.2) is 0 Å². The number of rotatable bonds is 6. The molecular weight excluding hydrogens is 144 g/mol. The molecule has 1 unspecified atom stereocenters. The molecule has 0 saturated heterocycles. The van der Waals surface area contributed by atoms with Crippen LogP contribution < -0.4 is 0 Å². The summed E-state index contributed by atoms with van der Waals surface area (Å²) in [5.41, 5.74) is 0. The van der Waals surface area contributed by atoms with Crippen LogP contribution in [0.1, 0.15) is 62.1 Å². The molecule has 0 radical (unpaired) electrons. The van der Waals surface area contributed by atoms with Gasteiger partial charge in [-0.1, -0.05) is 59.3 Å². The van der Waals surface area contributed by atoms with Crippen molar-refractivity contribution in [1.82, 2.24) is 0 Å². The molecule has 0 bridgehead atoms. The van der Waals surface area contributed by atoms with E-state index in [1.54, 1.807) is 0 Å². The number of hydrogen-bond donors (Lipinski definition) is 0. The Kier molecular flexibility index (Phi) is 14.0. The van der Waals surface area contributed by atoms with E-state index in [1.165, 1.54) is 38.5 Å². The fourth-order valence-corrected chi connectivity index (χ4v) is 1.45. The molecule has 0 aromatic rings. The van der Waals surface area contributed by atoms with Gasteiger partial charge in [0.05, 0.1) is 0 Å². The zero-order chi connectivity index (χ0) is 7.82. The van der Waals surface area contributed by atoms with Crippen molar-refractivity contribution in [2.75, 3.05) is 0 Å². The van der Waals surface area contributed by atoms with Crippen LogP contribution in [0.3, 0.4) is 0 Å². The van der Waals surface area contributed by atoms with Crippen LogP contribution in [-0.4, -0.2) is 23.1 Å². The zero-order valence-electron chi connectivity index (χ0n) is 10.5. The largest absolute Gasteiger partial charge is 2.00 e. The third-order valence-electron chi connectivity index (χ3n) is 2.24. The Bertz CT molecular complexity index is 69.9. The molecule has 1 atom stereocenters. The summed E-state index contributed by atoms with van der Waals surface area (Å²) in [5.74, 6) is 1.02. The first-order chi connectivity index (χ1) is 4.85. The fourth-order valence-electron chi connectivity index (χ4n) is 1.45. The van der Waals surface area contributed by atoms with E-state index in [-0.39, 0.29) is 25.9 Å². The molecule has 11 heavy (non-hydrogen) atoms. The molecule has 0 aromatic carbocycles. The quantitative estimate of drug-likeness (QED) is 0.529. The van der Waals surface area contributed by atoms with Crippen molar-refractivity contribution in [1.29, 1.82) is 0 Å². The molecule has 0 spiro atoms. The summed E-state index contributed by atoms with van der Waals surface area (Å²) in [4.78, 5) is 0. The van der Waals surface area contributed by atoms with Crippen molar-refractivity contribution in [3.05, 3.63) is 0 Å². The average Bonchev–Trinajstić information content (AvgIpc) is 1.98. The van der Waals surface area contributed by atoms with Crippen LogP contribution in [0.5, 0.6) is 0 Å². The standard InChI is InChI=1S/C10H22.Mg.2H/c1-4-7-9-10(6-3)8-5-2;;;/h10H,4-9H2,1-3H3;;;/q;+2;2*-1. The van der Waals surface area contributed by atoms with Gasteiger partial charge in [-0.2, -0.15) is 0 Å². The maximum Gasteiger partial charge on any atom is 2.00 e. The molecule has 0 aliphatic carbocycles.